The average molecular weight is 293 g/mol. The lowest BCUT2D eigenvalue weighted by Crippen LogP contribution is -2.24. The predicted molar refractivity (Wildman–Crippen MR) is 84.1 cm³/mol. The fourth-order valence-corrected chi connectivity index (χ4v) is 2.70. The highest BCUT2D eigenvalue weighted by Crippen LogP contribution is 2.34. The Labute approximate surface area is 127 Å². The SMILES string of the molecule is CCOc1cccc(CNC)c1OCC1CCC(C)(C)O1. The Morgan fingerprint density at radius 2 is 2.14 bits per heavy atom. The zero-order chi connectivity index (χ0) is 15.3. The highest BCUT2D eigenvalue weighted by atomic mass is 16.6. The van der Waals surface area contributed by atoms with E-state index in [1.54, 1.807) is 0 Å². The van der Waals surface area contributed by atoms with Crippen molar-refractivity contribution in [1.29, 1.82) is 0 Å². The summed E-state index contributed by atoms with van der Waals surface area (Å²) in [4.78, 5) is 0. The van der Waals surface area contributed by atoms with Gasteiger partial charge in [-0.2, -0.15) is 0 Å². The Hall–Kier alpha value is -1.26. The number of nitrogens with one attached hydrogen (secondary N) is 1. The highest BCUT2D eigenvalue weighted by molar-refractivity contribution is 5.46. The minimum absolute atomic E-state index is 0.0265. The van der Waals surface area contributed by atoms with Crippen LogP contribution >= 0.6 is 0 Å². The van der Waals surface area contributed by atoms with Gasteiger partial charge < -0.3 is 19.5 Å². The summed E-state index contributed by atoms with van der Waals surface area (Å²) < 4.78 is 17.7. The monoisotopic (exact) mass is 293 g/mol. The van der Waals surface area contributed by atoms with Crippen molar-refractivity contribution in [1.82, 2.24) is 5.32 Å². The molecule has 0 saturated carbocycles. The van der Waals surface area contributed by atoms with Gasteiger partial charge in [-0.1, -0.05) is 12.1 Å². The third-order valence-electron chi connectivity index (χ3n) is 3.70. The van der Waals surface area contributed by atoms with Gasteiger partial charge >= 0.3 is 0 Å². The third-order valence-corrected chi connectivity index (χ3v) is 3.70. The summed E-state index contributed by atoms with van der Waals surface area (Å²) in [6, 6.07) is 6.02. The molecule has 1 aromatic carbocycles. The van der Waals surface area contributed by atoms with Crippen LogP contribution < -0.4 is 14.8 Å². The summed E-state index contributed by atoms with van der Waals surface area (Å²) >= 11 is 0. The maximum absolute atomic E-state index is 6.06. The molecule has 118 valence electrons. The van der Waals surface area contributed by atoms with Gasteiger partial charge in [-0.15, -0.1) is 0 Å². The fourth-order valence-electron chi connectivity index (χ4n) is 2.70. The maximum atomic E-state index is 6.06. The molecule has 4 nitrogen and oxygen atoms in total. The predicted octanol–water partition coefficient (Wildman–Crippen LogP) is 3.14. The molecule has 0 radical (unpaired) electrons. The first-order valence-electron chi connectivity index (χ1n) is 7.75. The molecular weight excluding hydrogens is 266 g/mol. The van der Waals surface area contributed by atoms with Crippen LogP contribution in [0.5, 0.6) is 11.5 Å². The van der Waals surface area contributed by atoms with Gasteiger partial charge in [0.2, 0.25) is 0 Å². The molecule has 4 heteroatoms. The van der Waals surface area contributed by atoms with Crippen molar-refractivity contribution < 1.29 is 14.2 Å². The number of benzene rings is 1. The van der Waals surface area contributed by atoms with Crippen molar-refractivity contribution in [2.45, 2.75) is 51.9 Å². The summed E-state index contributed by atoms with van der Waals surface area (Å²) in [6.45, 7) is 8.21. The Morgan fingerprint density at radius 3 is 2.76 bits per heavy atom. The van der Waals surface area contributed by atoms with Crippen LogP contribution in [0, 0.1) is 0 Å². The second-order valence-electron chi connectivity index (χ2n) is 6.06. The maximum Gasteiger partial charge on any atom is 0.165 e. The number of ether oxygens (including phenoxy) is 3. The van der Waals surface area contributed by atoms with E-state index in [2.05, 4.69) is 25.2 Å². The average Bonchev–Trinajstić information content (AvgIpc) is 2.78. The van der Waals surface area contributed by atoms with E-state index in [1.807, 2.05) is 26.1 Å². The zero-order valence-electron chi connectivity index (χ0n) is 13.6. The molecule has 2 rings (SSSR count). The second kappa shape index (κ2) is 7.14. The van der Waals surface area contributed by atoms with Crippen molar-refractivity contribution in [3.63, 3.8) is 0 Å². The zero-order valence-corrected chi connectivity index (χ0v) is 13.6. The van der Waals surface area contributed by atoms with Gasteiger partial charge in [0.1, 0.15) is 6.61 Å². The molecule has 0 bridgehead atoms. The molecule has 0 spiro atoms. The molecule has 1 aromatic rings. The van der Waals surface area contributed by atoms with E-state index in [0.717, 1.165) is 36.4 Å². The van der Waals surface area contributed by atoms with Crippen LogP contribution in [-0.4, -0.2) is 32.0 Å². The van der Waals surface area contributed by atoms with Crippen molar-refractivity contribution in [2.75, 3.05) is 20.3 Å². The van der Waals surface area contributed by atoms with E-state index < -0.39 is 0 Å². The van der Waals surface area contributed by atoms with Gasteiger partial charge in [0.05, 0.1) is 18.3 Å². The van der Waals surface area contributed by atoms with E-state index in [-0.39, 0.29) is 11.7 Å². The molecule has 1 N–H and O–H groups in total. The Balaban J connectivity index is 2.06. The summed E-state index contributed by atoms with van der Waals surface area (Å²) in [7, 11) is 1.93. The third kappa shape index (κ3) is 4.35. The number of rotatable bonds is 7. The van der Waals surface area contributed by atoms with Crippen LogP contribution in [0.2, 0.25) is 0 Å². The van der Waals surface area contributed by atoms with E-state index in [1.165, 1.54) is 0 Å². The number of hydrogen-bond acceptors (Lipinski definition) is 4. The fraction of sp³-hybridized carbons (Fsp3) is 0.647. The summed E-state index contributed by atoms with van der Waals surface area (Å²) in [5.74, 6) is 1.64. The topological polar surface area (TPSA) is 39.7 Å². The molecule has 0 aromatic heterocycles. The highest BCUT2D eigenvalue weighted by Gasteiger charge is 2.32. The molecule has 21 heavy (non-hydrogen) atoms. The smallest absolute Gasteiger partial charge is 0.165 e. The number of hydrogen-bond donors (Lipinski definition) is 1. The Kier molecular flexibility index (Phi) is 5.48. The molecule has 1 aliphatic heterocycles. The minimum Gasteiger partial charge on any atom is -0.490 e. The van der Waals surface area contributed by atoms with Gasteiger partial charge in [0.15, 0.2) is 11.5 Å². The molecule has 1 aliphatic rings. The van der Waals surface area contributed by atoms with E-state index in [9.17, 15) is 0 Å². The van der Waals surface area contributed by atoms with Crippen LogP contribution in [0.1, 0.15) is 39.2 Å². The largest absolute Gasteiger partial charge is 0.490 e. The Morgan fingerprint density at radius 1 is 1.33 bits per heavy atom. The molecule has 1 fully saturated rings. The summed E-state index contributed by atoms with van der Waals surface area (Å²) in [6.07, 6.45) is 2.29. The van der Waals surface area contributed by atoms with Gasteiger partial charge in [-0.3, -0.25) is 0 Å². The van der Waals surface area contributed by atoms with Crippen LogP contribution in [0.3, 0.4) is 0 Å². The first-order chi connectivity index (χ1) is 10.1. The Bertz CT molecular complexity index is 435. The van der Waals surface area contributed by atoms with Gasteiger partial charge in [0, 0.05) is 12.1 Å². The van der Waals surface area contributed by atoms with Crippen LogP contribution in [0.25, 0.3) is 0 Å². The molecule has 1 heterocycles. The summed E-state index contributed by atoms with van der Waals surface area (Å²) in [5, 5.41) is 3.17. The lowest BCUT2D eigenvalue weighted by Gasteiger charge is -2.21. The second-order valence-corrected chi connectivity index (χ2v) is 6.06. The molecule has 0 amide bonds. The quantitative estimate of drug-likeness (QED) is 0.838. The first-order valence-corrected chi connectivity index (χ1v) is 7.75. The lowest BCUT2D eigenvalue weighted by atomic mass is 10.1. The number of para-hydroxylation sites is 1. The van der Waals surface area contributed by atoms with Crippen molar-refractivity contribution in [3.05, 3.63) is 23.8 Å². The first kappa shape index (κ1) is 16.1. The molecule has 1 atom stereocenters. The van der Waals surface area contributed by atoms with Gasteiger partial charge in [-0.05, 0) is 46.7 Å². The van der Waals surface area contributed by atoms with Crippen molar-refractivity contribution in [2.24, 2.45) is 0 Å². The summed E-state index contributed by atoms with van der Waals surface area (Å²) in [5.41, 5.74) is 1.09. The van der Waals surface area contributed by atoms with Gasteiger partial charge in [-0.25, -0.2) is 0 Å². The van der Waals surface area contributed by atoms with Crippen LogP contribution in [-0.2, 0) is 11.3 Å². The molecule has 0 aliphatic carbocycles. The van der Waals surface area contributed by atoms with Crippen LogP contribution in [0.4, 0.5) is 0 Å². The van der Waals surface area contributed by atoms with Crippen molar-refractivity contribution >= 4 is 0 Å². The normalized spacial score (nSPS) is 20.5. The van der Waals surface area contributed by atoms with Crippen LogP contribution in [0.15, 0.2) is 18.2 Å². The van der Waals surface area contributed by atoms with E-state index in [0.29, 0.717) is 13.2 Å². The molecular formula is C17H27NO3. The molecule has 1 saturated heterocycles. The lowest BCUT2D eigenvalue weighted by molar-refractivity contribution is -0.0330. The van der Waals surface area contributed by atoms with E-state index in [4.69, 9.17) is 14.2 Å². The van der Waals surface area contributed by atoms with Gasteiger partial charge in [0.25, 0.3) is 0 Å². The van der Waals surface area contributed by atoms with E-state index >= 15 is 0 Å². The molecule has 1 unspecified atom stereocenters. The minimum atomic E-state index is -0.0265. The standard InChI is InChI=1S/C17H27NO3/c1-5-19-15-8-6-7-13(11-18-4)16(15)20-12-14-9-10-17(2,3)21-14/h6-8,14,18H,5,9-12H2,1-4H3. The van der Waals surface area contributed by atoms with Crippen molar-refractivity contribution in [3.8, 4) is 11.5 Å².